The van der Waals surface area contributed by atoms with E-state index < -0.39 is 10.0 Å². The van der Waals surface area contributed by atoms with Crippen molar-refractivity contribution in [3.8, 4) is 0 Å². The van der Waals surface area contributed by atoms with E-state index in [-0.39, 0.29) is 0 Å². The van der Waals surface area contributed by atoms with Crippen molar-refractivity contribution < 1.29 is 8.42 Å². The number of hydrogen-bond donors (Lipinski definition) is 2. The van der Waals surface area contributed by atoms with Gasteiger partial charge in [-0.2, -0.15) is 11.8 Å². The Balaban J connectivity index is 2.45. The third kappa shape index (κ3) is 6.27. The van der Waals surface area contributed by atoms with Gasteiger partial charge in [-0.25, -0.2) is 13.1 Å². The highest BCUT2D eigenvalue weighted by molar-refractivity contribution is 7.98. The fourth-order valence-corrected chi connectivity index (χ4v) is 4.43. The van der Waals surface area contributed by atoms with E-state index in [4.69, 9.17) is 0 Å². The predicted octanol–water partition coefficient (Wildman–Crippen LogP) is 2.28. The minimum atomic E-state index is -3.32. The average Bonchev–Trinajstić information content (AvgIpc) is 2.85. The second kappa shape index (κ2) is 8.97. The lowest BCUT2D eigenvalue weighted by molar-refractivity contribution is 0.580. The molecule has 0 aliphatic carbocycles. The van der Waals surface area contributed by atoms with Crippen molar-refractivity contribution in [3.63, 3.8) is 0 Å². The minimum absolute atomic E-state index is 0.408. The number of rotatable bonds is 10. The van der Waals surface area contributed by atoms with Crippen LogP contribution in [-0.4, -0.2) is 33.5 Å². The molecule has 7 heteroatoms. The quantitative estimate of drug-likeness (QED) is 0.649. The maximum atomic E-state index is 12.0. The van der Waals surface area contributed by atoms with Crippen molar-refractivity contribution in [2.45, 2.75) is 30.5 Å². The van der Waals surface area contributed by atoms with Crippen LogP contribution in [0, 0.1) is 0 Å². The van der Waals surface area contributed by atoms with Crippen molar-refractivity contribution in [1.29, 1.82) is 0 Å². The molecule has 0 fully saturated rings. The summed E-state index contributed by atoms with van der Waals surface area (Å²) in [6, 6.07) is 3.55. The van der Waals surface area contributed by atoms with Gasteiger partial charge in [0.05, 0.1) is 0 Å². The van der Waals surface area contributed by atoms with Gasteiger partial charge in [0.25, 0.3) is 0 Å². The molecule has 0 atom stereocenters. The zero-order valence-corrected chi connectivity index (χ0v) is 13.9. The fourth-order valence-electron chi connectivity index (χ4n) is 1.49. The molecule has 19 heavy (non-hydrogen) atoms. The summed E-state index contributed by atoms with van der Waals surface area (Å²) in [6.45, 7) is 4.16. The second-order valence-electron chi connectivity index (χ2n) is 4.10. The van der Waals surface area contributed by atoms with Gasteiger partial charge < -0.3 is 5.32 Å². The number of hydrogen-bond acceptors (Lipinski definition) is 5. The van der Waals surface area contributed by atoms with Crippen molar-refractivity contribution in [2.24, 2.45) is 0 Å². The summed E-state index contributed by atoms with van der Waals surface area (Å²) in [5.41, 5.74) is 0. The lowest BCUT2D eigenvalue weighted by Gasteiger charge is -2.04. The summed E-state index contributed by atoms with van der Waals surface area (Å²) in [5.74, 6) is 1.08. The van der Waals surface area contributed by atoms with Gasteiger partial charge in [0.1, 0.15) is 4.21 Å². The first kappa shape index (κ1) is 17.0. The van der Waals surface area contributed by atoms with Crippen LogP contribution in [0.3, 0.4) is 0 Å². The van der Waals surface area contributed by atoms with E-state index in [1.165, 1.54) is 11.3 Å². The van der Waals surface area contributed by atoms with E-state index in [1.54, 1.807) is 17.8 Å². The summed E-state index contributed by atoms with van der Waals surface area (Å²) in [6.07, 6.45) is 3.98. The van der Waals surface area contributed by atoms with Crippen molar-refractivity contribution in [2.75, 3.05) is 25.1 Å². The molecule has 0 spiro atoms. The summed E-state index contributed by atoms with van der Waals surface area (Å²) in [5, 5.41) is 3.19. The zero-order valence-electron chi connectivity index (χ0n) is 11.4. The molecule has 2 N–H and O–H groups in total. The number of nitrogens with one attached hydrogen (secondary N) is 2. The van der Waals surface area contributed by atoms with Crippen LogP contribution < -0.4 is 10.0 Å². The minimum Gasteiger partial charge on any atom is -0.312 e. The Morgan fingerprint density at radius 3 is 2.79 bits per heavy atom. The largest absolute Gasteiger partial charge is 0.312 e. The topological polar surface area (TPSA) is 58.2 Å². The summed E-state index contributed by atoms with van der Waals surface area (Å²) >= 11 is 3.12. The molecule has 1 aromatic rings. The van der Waals surface area contributed by atoms with Crippen molar-refractivity contribution in [1.82, 2.24) is 10.0 Å². The van der Waals surface area contributed by atoms with Crippen LogP contribution in [0.1, 0.15) is 24.6 Å². The lowest BCUT2D eigenvalue weighted by Crippen LogP contribution is -2.24. The van der Waals surface area contributed by atoms with E-state index in [0.29, 0.717) is 10.8 Å². The number of thiophene rings is 1. The lowest BCUT2D eigenvalue weighted by atomic mass is 10.3. The first-order chi connectivity index (χ1) is 9.10. The molecule has 1 rings (SSSR count). The first-order valence-corrected chi connectivity index (χ1v) is 10.1. The Morgan fingerprint density at radius 1 is 1.32 bits per heavy atom. The highest BCUT2D eigenvalue weighted by Crippen LogP contribution is 2.21. The van der Waals surface area contributed by atoms with Crippen LogP contribution in [0.2, 0.25) is 0 Å². The molecule has 0 saturated carbocycles. The van der Waals surface area contributed by atoms with Gasteiger partial charge in [0.2, 0.25) is 10.0 Å². The molecule has 0 aliphatic rings. The Kier molecular flexibility index (Phi) is 8.01. The summed E-state index contributed by atoms with van der Waals surface area (Å²) in [4.78, 5) is 1.05. The molecule has 4 nitrogen and oxygen atoms in total. The molecule has 0 saturated heterocycles. The number of sulfonamides is 1. The molecule has 0 aromatic carbocycles. The van der Waals surface area contributed by atoms with Gasteiger partial charge in [-0.3, -0.25) is 0 Å². The standard InChI is InChI=1S/C12H22N2O2S3/c1-3-13-10-11-6-7-12(18-11)19(15,16)14-8-4-5-9-17-2/h6-7,13-14H,3-5,8-10H2,1-2H3. The SMILES string of the molecule is CCNCc1ccc(S(=O)(=O)NCCCCSC)s1. The second-order valence-corrected chi connectivity index (χ2v) is 8.25. The molecule has 0 aliphatic heterocycles. The van der Waals surface area contributed by atoms with E-state index in [0.717, 1.165) is 36.6 Å². The van der Waals surface area contributed by atoms with Gasteiger partial charge in [-0.1, -0.05) is 6.92 Å². The first-order valence-electron chi connectivity index (χ1n) is 6.38. The maximum Gasteiger partial charge on any atom is 0.250 e. The predicted molar refractivity (Wildman–Crippen MR) is 84.5 cm³/mol. The molecular formula is C12H22N2O2S3. The molecule has 0 radical (unpaired) electrons. The third-order valence-electron chi connectivity index (χ3n) is 2.52. The maximum absolute atomic E-state index is 12.0. The molecule has 0 bridgehead atoms. The Hall–Kier alpha value is -0.0800. The van der Waals surface area contributed by atoms with Crippen molar-refractivity contribution in [3.05, 3.63) is 17.0 Å². The molecule has 0 unspecified atom stereocenters. The molecule has 1 heterocycles. The Morgan fingerprint density at radius 2 is 2.11 bits per heavy atom. The Bertz CT molecular complexity index is 457. The third-order valence-corrected chi connectivity index (χ3v) is 6.25. The van der Waals surface area contributed by atoms with Gasteiger partial charge in [0.15, 0.2) is 0 Å². The summed E-state index contributed by atoms with van der Waals surface area (Å²) in [7, 11) is -3.32. The van der Waals surface area contributed by atoms with Crippen LogP contribution in [0.4, 0.5) is 0 Å². The van der Waals surface area contributed by atoms with Gasteiger partial charge >= 0.3 is 0 Å². The highest BCUT2D eigenvalue weighted by Gasteiger charge is 2.15. The van der Waals surface area contributed by atoms with E-state index in [2.05, 4.69) is 16.3 Å². The number of thioether (sulfide) groups is 1. The van der Waals surface area contributed by atoms with Crippen LogP contribution in [0.15, 0.2) is 16.3 Å². The zero-order chi connectivity index (χ0) is 14.1. The van der Waals surface area contributed by atoms with Crippen LogP contribution in [-0.2, 0) is 16.6 Å². The average molecular weight is 323 g/mol. The van der Waals surface area contributed by atoms with E-state index in [1.807, 2.05) is 13.0 Å². The molecular weight excluding hydrogens is 300 g/mol. The van der Waals surface area contributed by atoms with Crippen LogP contribution in [0.25, 0.3) is 0 Å². The Labute approximate surface area is 124 Å². The molecule has 1 aromatic heterocycles. The van der Waals surface area contributed by atoms with Gasteiger partial charge in [0, 0.05) is 18.0 Å². The van der Waals surface area contributed by atoms with Gasteiger partial charge in [-0.15, -0.1) is 11.3 Å². The summed E-state index contributed by atoms with van der Waals surface area (Å²) < 4.78 is 27.1. The monoisotopic (exact) mass is 322 g/mol. The normalized spacial score (nSPS) is 11.9. The van der Waals surface area contributed by atoms with Crippen molar-refractivity contribution >= 4 is 33.1 Å². The van der Waals surface area contributed by atoms with E-state index in [9.17, 15) is 8.42 Å². The van der Waals surface area contributed by atoms with Crippen LogP contribution in [0.5, 0.6) is 0 Å². The molecule has 0 amide bonds. The van der Waals surface area contributed by atoms with E-state index >= 15 is 0 Å². The van der Waals surface area contributed by atoms with Crippen LogP contribution >= 0.6 is 23.1 Å². The molecule has 110 valence electrons. The number of unbranched alkanes of at least 4 members (excludes halogenated alkanes) is 1. The fraction of sp³-hybridized carbons (Fsp3) is 0.667. The smallest absolute Gasteiger partial charge is 0.250 e. The van der Waals surface area contributed by atoms with Gasteiger partial charge in [-0.05, 0) is 43.5 Å². The highest BCUT2D eigenvalue weighted by atomic mass is 32.2.